The van der Waals surface area contributed by atoms with Crippen LogP contribution in [0, 0.1) is 11.3 Å². The number of rotatable bonds is 9. The Morgan fingerprint density at radius 2 is 1.60 bits per heavy atom. The van der Waals surface area contributed by atoms with Crippen molar-refractivity contribution < 1.29 is 37.4 Å². The first kappa shape index (κ1) is 25.6. The summed E-state index contributed by atoms with van der Waals surface area (Å²) in [5.74, 6) is -3.91. The van der Waals surface area contributed by atoms with Crippen LogP contribution >= 0.6 is 0 Å². The van der Waals surface area contributed by atoms with Crippen molar-refractivity contribution in [3.8, 4) is 17.2 Å². The van der Waals surface area contributed by atoms with Crippen LogP contribution in [0.25, 0.3) is 11.1 Å². The molecule has 2 atom stereocenters. The molecule has 0 fully saturated rings. The highest BCUT2D eigenvalue weighted by molar-refractivity contribution is 5.89. The van der Waals surface area contributed by atoms with Crippen LogP contribution in [0.3, 0.4) is 0 Å². The number of nitriles is 1. The minimum atomic E-state index is -5.23. The highest BCUT2D eigenvalue weighted by atomic mass is 19.4. The Labute approximate surface area is 198 Å². The quantitative estimate of drug-likeness (QED) is 0.461. The van der Waals surface area contributed by atoms with Crippen LogP contribution in [0.5, 0.6) is 0 Å². The Bertz CT molecular complexity index is 1100. The molecule has 184 valence electrons. The fourth-order valence-corrected chi connectivity index (χ4v) is 3.96. The molecule has 3 rings (SSSR count). The second kappa shape index (κ2) is 10.9. The predicted molar refractivity (Wildman–Crippen MR) is 117 cm³/mol. The van der Waals surface area contributed by atoms with E-state index in [4.69, 9.17) is 15.1 Å². The highest BCUT2D eigenvalue weighted by Crippen LogP contribution is 2.44. The number of ether oxygens (including phenoxy) is 1. The van der Waals surface area contributed by atoms with E-state index in [0.29, 0.717) is 0 Å². The number of nitrogens with one attached hydrogen (secondary N) is 2. The van der Waals surface area contributed by atoms with Gasteiger partial charge in [0.15, 0.2) is 0 Å². The van der Waals surface area contributed by atoms with Gasteiger partial charge < -0.3 is 20.5 Å². The fourth-order valence-electron chi connectivity index (χ4n) is 3.96. The van der Waals surface area contributed by atoms with Gasteiger partial charge in [0.2, 0.25) is 11.9 Å². The first-order valence-corrected chi connectivity index (χ1v) is 10.7. The van der Waals surface area contributed by atoms with Crippen molar-refractivity contribution in [1.82, 2.24) is 10.6 Å². The number of unbranched alkanes of at least 4 members (excludes halogenated alkanes) is 1. The molecule has 3 N–H and O–H groups in total. The normalized spacial score (nSPS) is 14.1. The van der Waals surface area contributed by atoms with E-state index in [1.165, 1.54) is 5.32 Å². The number of hydrogen-bond donors (Lipinski definition) is 3. The smallest absolute Gasteiger partial charge is 0.419 e. The van der Waals surface area contributed by atoms with Gasteiger partial charge in [-0.15, -0.1) is 0 Å². The minimum absolute atomic E-state index is 0.0161. The SMILES string of the molecule is N#CCCCC(NC(=O)OCC1c2ccccc2-c2ccccc21)C(=O)NC(C(=O)O)C(F)(F)F. The Morgan fingerprint density at radius 1 is 1.03 bits per heavy atom. The molecule has 0 aromatic heterocycles. The van der Waals surface area contributed by atoms with Gasteiger partial charge in [0.05, 0.1) is 6.07 Å². The molecule has 2 amide bonds. The van der Waals surface area contributed by atoms with Crippen molar-refractivity contribution in [2.24, 2.45) is 0 Å². The summed E-state index contributed by atoms with van der Waals surface area (Å²) in [6, 6.07) is 12.4. The van der Waals surface area contributed by atoms with Gasteiger partial charge in [0.25, 0.3) is 0 Å². The predicted octanol–water partition coefficient (Wildman–Crippen LogP) is 3.72. The van der Waals surface area contributed by atoms with Crippen molar-refractivity contribution in [2.75, 3.05) is 6.61 Å². The lowest BCUT2D eigenvalue weighted by Gasteiger charge is -2.23. The van der Waals surface area contributed by atoms with Gasteiger partial charge in [-0.2, -0.15) is 18.4 Å². The molecule has 2 aromatic carbocycles. The number of alkyl halides is 3. The van der Waals surface area contributed by atoms with E-state index in [-0.39, 0.29) is 31.8 Å². The van der Waals surface area contributed by atoms with Gasteiger partial charge in [-0.1, -0.05) is 48.5 Å². The number of carbonyl (C=O) groups is 3. The zero-order valence-electron chi connectivity index (χ0n) is 18.3. The number of amides is 2. The number of carbonyl (C=O) groups excluding carboxylic acids is 2. The van der Waals surface area contributed by atoms with Gasteiger partial charge in [0.1, 0.15) is 12.6 Å². The summed E-state index contributed by atoms with van der Waals surface area (Å²) < 4.78 is 44.2. The van der Waals surface area contributed by atoms with E-state index >= 15 is 0 Å². The number of aliphatic carboxylic acids is 1. The zero-order chi connectivity index (χ0) is 25.6. The van der Waals surface area contributed by atoms with Crippen LogP contribution in [0.1, 0.15) is 36.3 Å². The largest absolute Gasteiger partial charge is 0.479 e. The topological polar surface area (TPSA) is 129 Å². The molecular weight excluding hydrogens is 467 g/mol. The number of halogens is 3. The Kier molecular flexibility index (Phi) is 7.96. The third kappa shape index (κ3) is 6.09. The summed E-state index contributed by atoms with van der Waals surface area (Å²) in [6.07, 6.45) is -6.40. The van der Waals surface area contributed by atoms with E-state index < -0.39 is 36.2 Å². The van der Waals surface area contributed by atoms with Crippen molar-refractivity contribution in [3.63, 3.8) is 0 Å². The van der Waals surface area contributed by atoms with E-state index in [9.17, 15) is 27.6 Å². The lowest BCUT2D eigenvalue weighted by atomic mass is 9.98. The van der Waals surface area contributed by atoms with Crippen LogP contribution in [0.4, 0.5) is 18.0 Å². The highest BCUT2D eigenvalue weighted by Gasteiger charge is 2.47. The number of carboxylic acids is 1. The van der Waals surface area contributed by atoms with Gasteiger partial charge in [-0.3, -0.25) is 4.79 Å². The molecular formula is C24H22F3N3O5. The number of nitrogens with zero attached hydrogens (tertiary/aromatic N) is 1. The van der Waals surface area contributed by atoms with E-state index in [0.717, 1.165) is 22.3 Å². The monoisotopic (exact) mass is 489 g/mol. The van der Waals surface area contributed by atoms with Crippen LogP contribution in [-0.4, -0.2) is 47.9 Å². The third-order valence-corrected chi connectivity index (χ3v) is 5.59. The van der Waals surface area contributed by atoms with Crippen LogP contribution in [0.15, 0.2) is 48.5 Å². The Hall–Kier alpha value is -4.07. The average molecular weight is 489 g/mol. The molecule has 0 aliphatic heterocycles. The number of carboxylic acid groups (broad SMARTS) is 1. The summed E-state index contributed by atoms with van der Waals surface area (Å²) in [5.41, 5.74) is 3.88. The molecule has 8 nitrogen and oxygen atoms in total. The molecule has 1 aliphatic carbocycles. The standard InChI is InChI=1S/C24H22F3N3O5/c25-24(26,27)20(22(32)33)30-21(31)19(11-5-6-12-28)29-23(34)35-13-18-16-9-3-1-7-14(16)15-8-2-4-10-17(15)18/h1-4,7-10,18-20H,5-6,11,13H2,(H,29,34)(H,30,31)(H,32,33). The lowest BCUT2D eigenvalue weighted by Crippen LogP contribution is -2.56. The molecule has 35 heavy (non-hydrogen) atoms. The van der Waals surface area contributed by atoms with Gasteiger partial charge >= 0.3 is 18.2 Å². The minimum Gasteiger partial charge on any atom is -0.479 e. The molecule has 0 saturated carbocycles. The van der Waals surface area contributed by atoms with Crippen molar-refractivity contribution in [1.29, 1.82) is 5.26 Å². The number of benzene rings is 2. The van der Waals surface area contributed by atoms with Crippen molar-refractivity contribution >= 4 is 18.0 Å². The first-order valence-electron chi connectivity index (χ1n) is 10.7. The van der Waals surface area contributed by atoms with E-state index in [1.54, 1.807) is 0 Å². The maximum atomic E-state index is 12.9. The maximum absolute atomic E-state index is 12.9. The third-order valence-electron chi connectivity index (χ3n) is 5.59. The summed E-state index contributed by atoms with van der Waals surface area (Å²) in [7, 11) is 0. The summed E-state index contributed by atoms with van der Waals surface area (Å²) >= 11 is 0. The average Bonchev–Trinajstić information content (AvgIpc) is 3.13. The maximum Gasteiger partial charge on any atom is 0.419 e. The van der Waals surface area contributed by atoms with E-state index in [2.05, 4.69) is 5.32 Å². The lowest BCUT2D eigenvalue weighted by molar-refractivity contribution is -0.182. The van der Waals surface area contributed by atoms with Gasteiger partial charge in [0, 0.05) is 12.3 Å². The molecule has 0 radical (unpaired) electrons. The second-order valence-corrected chi connectivity index (χ2v) is 7.89. The van der Waals surface area contributed by atoms with Crippen molar-refractivity contribution in [3.05, 3.63) is 59.7 Å². The first-order chi connectivity index (χ1) is 16.6. The molecule has 0 heterocycles. The molecule has 11 heteroatoms. The zero-order valence-corrected chi connectivity index (χ0v) is 18.3. The van der Waals surface area contributed by atoms with E-state index in [1.807, 2.05) is 54.6 Å². The molecule has 2 aromatic rings. The molecule has 0 bridgehead atoms. The molecule has 1 aliphatic rings. The molecule has 0 spiro atoms. The summed E-state index contributed by atoms with van der Waals surface area (Å²) in [5, 5.41) is 21.1. The summed E-state index contributed by atoms with van der Waals surface area (Å²) in [4.78, 5) is 35.8. The Morgan fingerprint density at radius 3 is 2.11 bits per heavy atom. The van der Waals surface area contributed by atoms with Gasteiger partial charge in [-0.25, -0.2) is 9.59 Å². The second-order valence-electron chi connectivity index (χ2n) is 7.89. The number of fused-ring (bicyclic) bond motifs is 3. The molecule has 0 saturated heterocycles. The van der Waals surface area contributed by atoms with Crippen molar-refractivity contribution in [2.45, 2.75) is 43.4 Å². The van der Waals surface area contributed by atoms with Crippen LogP contribution in [-0.2, 0) is 14.3 Å². The fraction of sp³-hybridized carbons (Fsp3) is 0.333. The van der Waals surface area contributed by atoms with Crippen LogP contribution in [0.2, 0.25) is 0 Å². The number of alkyl carbamates (subject to hydrolysis) is 1. The molecule has 2 unspecified atom stereocenters. The summed E-state index contributed by atoms with van der Waals surface area (Å²) in [6.45, 7) is -0.0906. The Balaban J connectivity index is 1.69. The number of hydrogen-bond acceptors (Lipinski definition) is 5. The van der Waals surface area contributed by atoms with Crippen LogP contribution < -0.4 is 10.6 Å². The van der Waals surface area contributed by atoms with Gasteiger partial charge in [-0.05, 0) is 35.1 Å².